The first-order valence-corrected chi connectivity index (χ1v) is 13.7. The Kier molecular flexibility index (Phi) is 5.72. The van der Waals surface area contributed by atoms with Crippen LogP contribution < -0.4 is 0 Å². The molecule has 6 nitrogen and oxygen atoms in total. The van der Waals surface area contributed by atoms with E-state index >= 15 is 0 Å². The average molecular weight is 489 g/mol. The van der Waals surface area contributed by atoms with E-state index in [1.54, 1.807) is 6.92 Å². The minimum absolute atomic E-state index is 0.166. The molecule has 0 radical (unpaired) electrons. The summed E-state index contributed by atoms with van der Waals surface area (Å²) >= 11 is 0. The fourth-order valence-corrected chi connectivity index (χ4v) is 9.56. The van der Waals surface area contributed by atoms with Crippen LogP contribution in [0.25, 0.3) is 0 Å². The van der Waals surface area contributed by atoms with Gasteiger partial charge in [-0.2, -0.15) is 0 Å². The van der Waals surface area contributed by atoms with E-state index in [-0.39, 0.29) is 28.1 Å². The molecule has 1 aliphatic heterocycles. The van der Waals surface area contributed by atoms with Gasteiger partial charge in [0, 0.05) is 12.3 Å². The highest BCUT2D eigenvalue weighted by Crippen LogP contribution is 2.70. The summed E-state index contributed by atoms with van der Waals surface area (Å²) in [4.78, 5) is 24.6. The summed E-state index contributed by atoms with van der Waals surface area (Å²) in [5, 5.41) is 32.8. The number of aliphatic carboxylic acids is 1. The van der Waals surface area contributed by atoms with E-state index in [9.17, 15) is 24.9 Å². The van der Waals surface area contributed by atoms with Crippen LogP contribution in [-0.2, 0) is 14.3 Å². The van der Waals surface area contributed by atoms with Crippen molar-refractivity contribution >= 4 is 12.3 Å². The Morgan fingerprint density at radius 1 is 1.00 bits per heavy atom. The van der Waals surface area contributed by atoms with Crippen molar-refractivity contribution in [3.05, 3.63) is 11.6 Å². The van der Waals surface area contributed by atoms with Crippen LogP contribution in [0.4, 0.5) is 0 Å². The molecular weight excluding hydrogens is 444 g/mol. The first-order valence-electron chi connectivity index (χ1n) is 13.7. The number of hydrogen-bond donors (Lipinski definition) is 3. The number of carbonyl (C=O) groups excluding carboxylic acids is 1. The molecule has 3 N–H and O–H groups in total. The standard InChI is InChI=1S/C29H44O6/c1-25(2)10-12-29(24(33)34)13-11-27(4)18-7-6-17-14-26(3,16-30)35-21(31)15-28(17,5)19(18)8-9-20(27)22(29)23(25)32/h9,16-19,21-23,31-32H,6-8,10-15H2,1-5H3,(H,33,34)/t17-,18-,19+,21-,22+,23+,26-,27-,28+,29-/m0/s1. The van der Waals surface area contributed by atoms with Gasteiger partial charge < -0.3 is 24.9 Å². The van der Waals surface area contributed by atoms with E-state index in [2.05, 4.69) is 33.8 Å². The molecule has 5 aliphatic rings. The molecule has 3 saturated carbocycles. The normalized spacial score (nSPS) is 53.1. The molecule has 196 valence electrons. The van der Waals surface area contributed by atoms with Crippen molar-refractivity contribution in [3.63, 3.8) is 0 Å². The van der Waals surface area contributed by atoms with Gasteiger partial charge in [-0.15, -0.1) is 0 Å². The molecule has 0 aromatic heterocycles. The number of aliphatic hydroxyl groups excluding tert-OH is 2. The molecule has 5 rings (SSSR count). The van der Waals surface area contributed by atoms with Crippen LogP contribution >= 0.6 is 0 Å². The quantitative estimate of drug-likeness (QED) is 0.384. The number of fused-ring (bicyclic) bond motifs is 7. The molecule has 0 aromatic carbocycles. The van der Waals surface area contributed by atoms with Gasteiger partial charge in [0.25, 0.3) is 0 Å². The van der Waals surface area contributed by atoms with E-state index in [1.165, 1.54) is 5.57 Å². The van der Waals surface area contributed by atoms with Crippen molar-refractivity contribution < 1.29 is 29.6 Å². The van der Waals surface area contributed by atoms with Gasteiger partial charge in [0.2, 0.25) is 0 Å². The maximum absolute atomic E-state index is 12.7. The van der Waals surface area contributed by atoms with Crippen molar-refractivity contribution in [3.8, 4) is 0 Å². The summed E-state index contributed by atoms with van der Waals surface area (Å²) in [6, 6.07) is 0. The molecule has 0 unspecified atom stereocenters. The molecule has 35 heavy (non-hydrogen) atoms. The molecule has 0 bridgehead atoms. The van der Waals surface area contributed by atoms with Crippen LogP contribution in [0.3, 0.4) is 0 Å². The highest BCUT2D eigenvalue weighted by molar-refractivity contribution is 5.77. The van der Waals surface area contributed by atoms with Crippen LogP contribution in [-0.4, -0.2) is 45.6 Å². The van der Waals surface area contributed by atoms with Gasteiger partial charge in [-0.3, -0.25) is 4.79 Å². The smallest absolute Gasteiger partial charge is 0.310 e. The summed E-state index contributed by atoms with van der Waals surface area (Å²) in [6.07, 6.45) is 8.22. The van der Waals surface area contributed by atoms with Gasteiger partial charge >= 0.3 is 5.97 Å². The van der Waals surface area contributed by atoms with Crippen LogP contribution in [0.5, 0.6) is 0 Å². The number of aldehydes is 1. The van der Waals surface area contributed by atoms with Crippen LogP contribution in [0.1, 0.15) is 92.4 Å². The number of carbonyl (C=O) groups is 2. The SMILES string of the molecule is CC1(C)CC[C@]2(C(=O)O)CC[C@]3(C)C(=CC[C@@H]4[C@@H]3CC[C@H]3C[C@@](C)(C=O)O[C@H](O)C[C@]34C)[C@@H]2[C@H]1O. The van der Waals surface area contributed by atoms with Gasteiger partial charge in [0.1, 0.15) is 5.60 Å². The summed E-state index contributed by atoms with van der Waals surface area (Å²) < 4.78 is 5.84. The maximum Gasteiger partial charge on any atom is 0.310 e. The van der Waals surface area contributed by atoms with Gasteiger partial charge in [-0.1, -0.05) is 39.3 Å². The number of ether oxygens (including phenoxy) is 1. The lowest BCUT2D eigenvalue weighted by molar-refractivity contribution is -0.185. The Morgan fingerprint density at radius 3 is 2.34 bits per heavy atom. The number of rotatable bonds is 2. The molecule has 6 heteroatoms. The zero-order valence-electron chi connectivity index (χ0n) is 22.0. The van der Waals surface area contributed by atoms with E-state index in [4.69, 9.17) is 4.74 Å². The predicted octanol–water partition coefficient (Wildman–Crippen LogP) is 4.72. The van der Waals surface area contributed by atoms with Crippen molar-refractivity contribution in [1.29, 1.82) is 0 Å². The largest absolute Gasteiger partial charge is 0.481 e. The molecule has 1 saturated heterocycles. The number of carboxylic acid groups (broad SMARTS) is 1. The van der Waals surface area contributed by atoms with E-state index in [1.807, 2.05) is 0 Å². The molecule has 0 spiro atoms. The monoisotopic (exact) mass is 488 g/mol. The number of hydrogen-bond acceptors (Lipinski definition) is 5. The molecule has 1 heterocycles. The molecule has 4 aliphatic carbocycles. The van der Waals surface area contributed by atoms with Gasteiger partial charge in [-0.25, -0.2) is 0 Å². The van der Waals surface area contributed by atoms with Crippen molar-refractivity contribution in [2.45, 2.75) is 110 Å². The summed E-state index contributed by atoms with van der Waals surface area (Å²) in [5.41, 5.74) is -1.31. The van der Waals surface area contributed by atoms with Crippen molar-refractivity contribution in [1.82, 2.24) is 0 Å². The third kappa shape index (κ3) is 3.45. The van der Waals surface area contributed by atoms with Gasteiger partial charge in [-0.05, 0) is 92.3 Å². The van der Waals surface area contributed by atoms with Crippen molar-refractivity contribution in [2.75, 3.05) is 0 Å². The van der Waals surface area contributed by atoms with Crippen molar-refractivity contribution in [2.24, 2.45) is 45.3 Å². The number of allylic oxidation sites excluding steroid dienone is 1. The third-order valence-electron chi connectivity index (χ3n) is 11.9. The lowest BCUT2D eigenvalue weighted by Crippen LogP contribution is -2.62. The minimum atomic E-state index is -0.968. The fourth-order valence-electron chi connectivity index (χ4n) is 9.56. The topological polar surface area (TPSA) is 104 Å². The molecule has 10 atom stereocenters. The van der Waals surface area contributed by atoms with E-state index in [0.717, 1.165) is 38.4 Å². The Bertz CT molecular complexity index is 941. The van der Waals surface area contributed by atoms with E-state index in [0.29, 0.717) is 37.5 Å². The Balaban J connectivity index is 1.56. The van der Waals surface area contributed by atoms with Crippen LogP contribution in [0.15, 0.2) is 11.6 Å². The second kappa shape index (κ2) is 7.88. The predicted molar refractivity (Wildman–Crippen MR) is 131 cm³/mol. The summed E-state index contributed by atoms with van der Waals surface area (Å²) in [6.45, 7) is 10.5. The second-order valence-corrected chi connectivity index (χ2v) is 14.1. The Morgan fingerprint density at radius 2 is 1.69 bits per heavy atom. The van der Waals surface area contributed by atoms with Gasteiger partial charge in [0.05, 0.1) is 11.5 Å². The zero-order chi connectivity index (χ0) is 25.6. The lowest BCUT2D eigenvalue weighted by Gasteiger charge is -2.64. The fraction of sp³-hybridized carbons (Fsp3) is 0.862. The second-order valence-electron chi connectivity index (χ2n) is 14.1. The minimum Gasteiger partial charge on any atom is -0.481 e. The summed E-state index contributed by atoms with van der Waals surface area (Å²) in [5.74, 6) is -0.130. The first-order chi connectivity index (χ1) is 16.2. The molecular formula is C29H44O6. The summed E-state index contributed by atoms with van der Waals surface area (Å²) in [7, 11) is 0. The highest BCUT2D eigenvalue weighted by Gasteiger charge is 2.66. The Labute approximate surface area is 209 Å². The van der Waals surface area contributed by atoms with Crippen LogP contribution in [0.2, 0.25) is 0 Å². The average Bonchev–Trinajstić information content (AvgIpc) is 2.88. The maximum atomic E-state index is 12.7. The number of carboxylic acids is 1. The highest BCUT2D eigenvalue weighted by atomic mass is 16.6. The Hall–Kier alpha value is -1.24. The molecule has 4 fully saturated rings. The van der Waals surface area contributed by atoms with Crippen LogP contribution in [0, 0.1) is 45.3 Å². The zero-order valence-corrected chi connectivity index (χ0v) is 22.0. The first kappa shape index (κ1) is 25.4. The van der Waals surface area contributed by atoms with E-state index < -0.39 is 29.4 Å². The lowest BCUT2D eigenvalue weighted by atomic mass is 9.39. The molecule has 0 aromatic rings. The molecule has 0 amide bonds. The number of aliphatic hydroxyl groups is 2. The van der Waals surface area contributed by atoms with Gasteiger partial charge in [0.15, 0.2) is 12.6 Å². The third-order valence-corrected chi connectivity index (χ3v) is 11.9.